The van der Waals surface area contributed by atoms with Crippen LogP contribution in [0.15, 0.2) is 42.5 Å². The number of nitrogens with two attached hydrogens (primary N) is 1. The smallest absolute Gasteiger partial charge is 0.142 e. The molecule has 102 valence electrons. The molecule has 3 aromatic rings. The summed E-state index contributed by atoms with van der Waals surface area (Å²) in [4.78, 5) is 4.75. The maximum atomic E-state index is 6.30. The molecule has 0 aliphatic carbocycles. The third-order valence-corrected chi connectivity index (χ3v) is 3.81. The molecule has 0 saturated carbocycles. The molecule has 1 aromatic heterocycles. The maximum Gasteiger partial charge on any atom is 0.142 e. The Morgan fingerprint density at radius 1 is 1.20 bits per heavy atom. The lowest BCUT2D eigenvalue weighted by Gasteiger charge is -2.07. The normalized spacial score (nSPS) is 11.2. The van der Waals surface area contributed by atoms with Gasteiger partial charge in [-0.1, -0.05) is 29.8 Å². The minimum Gasteiger partial charge on any atom is -0.326 e. The van der Waals surface area contributed by atoms with Gasteiger partial charge in [-0.3, -0.25) is 0 Å². The van der Waals surface area contributed by atoms with Crippen LogP contribution in [0.25, 0.3) is 22.4 Å². The van der Waals surface area contributed by atoms with E-state index in [2.05, 4.69) is 17.6 Å². The lowest BCUT2D eigenvalue weighted by molar-refractivity contribution is 0.796. The average Bonchev–Trinajstić information content (AvgIpc) is 2.84. The summed E-state index contributed by atoms with van der Waals surface area (Å²) in [5, 5.41) is 0.719. The van der Waals surface area contributed by atoms with Gasteiger partial charge in [-0.05, 0) is 36.8 Å². The maximum absolute atomic E-state index is 6.30. The number of fused-ring (bicyclic) bond motifs is 1. The van der Waals surface area contributed by atoms with E-state index < -0.39 is 0 Å². The number of rotatable bonds is 3. The van der Waals surface area contributed by atoms with E-state index in [-0.39, 0.29) is 0 Å². The van der Waals surface area contributed by atoms with E-state index in [1.807, 2.05) is 36.4 Å². The van der Waals surface area contributed by atoms with Crippen LogP contribution in [0.5, 0.6) is 0 Å². The molecule has 0 atom stereocenters. The van der Waals surface area contributed by atoms with Crippen molar-refractivity contribution in [3.8, 4) is 11.4 Å². The highest BCUT2D eigenvalue weighted by Crippen LogP contribution is 2.30. The molecule has 0 fully saturated rings. The summed E-state index contributed by atoms with van der Waals surface area (Å²) in [6.07, 6.45) is 0. The number of aromatic nitrogens is 2. The van der Waals surface area contributed by atoms with Gasteiger partial charge < -0.3 is 10.3 Å². The first-order chi connectivity index (χ1) is 9.74. The van der Waals surface area contributed by atoms with E-state index in [1.165, 1.54) is 0 Å². The third kappa shape index (κ3) is 2.09. The molecule has 2 aromatic carbocycles. The molecule has 0 unspecified atom stereocenters. The van der Waals surface area contributed by atoms with E-state index in [9.17, 15) is 0 Å². The monoisotopic (exact) mass is 285 g/mol. The largest absolute Gasteiger partial charge is 0.326 e. The van der Waals surface area contributed by atoms with Crippen molar-refractivity contribution in [2.24, 2.45) is 5.73 Å². The number of imidazole rings is 1. The zero-order valence-corrected chi connectivity index (χ0v) is 12.1. The minimum absolute atomic E-state index is 0.524. The highest BCUT2D eigenvalue weighted by atomic mass is 35.5. The molecule has 0 bridgehead atoms. The first-order valence-corrected chi connectivity index (χ1v) is 7.06. The zero-order valence-electron chi connectivity index (χ0n) is 11.3. The van der Waals surface area contributed by atoms with Gasteiger partial charge in [0.05, 0.1) is 16.1 Å². The summed E-state index contributed by atoms with van der Waals surface area (Å²) in [6.45, 7) is 3.48. The number of hydrogen-bond acceptors (Lipinski definition) is 2. The van der Waals surface area contributed by atoms with Crippen molar-refractivity contribution < 1.29 is 0 Å². The van der Waals surface area contributed by atoms with Crippen molar-refractivity contribution in [2.45, 2.75) is 20.0 Å². The number of aryl methyl sites for hydroxylation is 1. The average molecular weight is 286 g/mol. The van der Waals surface area contributed by atoms with Crippen LogP contribution in [0.2, 0.25) is 5.02 Å². The summed E-state index contributed by atoms with van der Waals surface area (Å²) in [5.41, 5.74) is 9.82. The second-order valence-electron chi connectivity index (χ2n) is 4.69. The fourth-order valence-electron chi connectivity index (χ4n) is 2.47. The summed E-state index contributed by atoms with van der Waals surface area (Å²) >= 11 is 6.30. The number of benzene rings is 2. The van der Waals surface area contributed by atoms with Gasteiger partial charge in [0.15, 0.2) is 0 Å². The van der Waals surface area contributed by atoms with Gasteiger partial charge in [0, 0.05) is 18.7 Å². The van der Waals surface area contributed by atoms with Crippen LogP contribution < -0.4 is 5.73 Å². The van der Waals surface area contributed by atoms with Crippen LogP contribution in [-0.4, -0.2) is 9.55 Å². The van der Waals surface area contributed by atoms with E-state index >= 15 is 0 Å². The standard InChI is InChI=1S/C16H16ClN3/c1-2-20-15-8-7-11(10-18)9-14(15)19-16(20)12-5-3-4-6-13(12)17/h3-9H,2,10,18H2,1H3. The van der Waals surface area contributed by atoms with E-state index in [0.29, 0.717) is 6.54 Å². The molecular formula is C16H16ClN3. The van der Waals surface area contributed by atoms with Crippen molar-refractivity contribution >= 4 is 22.6 Å². The van der Waals surface area contributed by atoms with Crippen molar-refractivity contribution in [3.63, 3.8) is 0 Å². The number of halogens is 1. The Labute approximate surface area is 123 Å². The quantitative estimate of drug-likeness (QED) is 0.795. The van der Waals surface area contributed by atoms with Crippen LogP contribution in [0.1, 0.15) is 12.5 Å². The fourth-order valence-corrected chi connectivity index (χ4v) is 2.69. The molecule has 4 heteroatoms. The van der Waals surface area contributed by atoms with E-state index in [4.69, 9.17) is 22.3 Å². The van der Waals surface area contributed by atoms with Gasteiger partial charge in [0.2, 0.25) is 0 Å². The molecule has 1 heterocycles. The number of nitrogens with zero attached hydrogens (tertiary/aromatic N) is 2. The van der Waals surface area contributed by atoms with Crippen LogP contribution in [-0.2, 0) is 13.1 Å². The Hall–Kier alpha value is -1.84. The first kappa shape index (κ1) is 13.2. The zero-order chi connectivity index (χ0) is 14.1. The Kier molecular flexibility index (Phi) is 3.47. The van der Waals surface area contributed by atoms with Gasteiger partial charge in [0.1, 0.15) is 5.82 Å². The van der Waals surface area contributed by atoms with Crippen molar-refractivity contribution in [2.75, 3.05) is 0 Å². The van der Waals surface area contributed by atoms with Crippen molar-refractivity contribution in [1.82, 2.24) is 9.55 Å². The van der Waals surface area contributed by atoms with Gasteiger partial charge in [0.25, 0.3) is 0 Å². The van der Waals surface area contributed by atoms with E-state index in [1.54, 1.807) is 0 Å². The summed E-state index contributed by atoms with van der Waals surface area (Å²) < 4.78 is 2.18. The summed E-state index contributed by atoms with van der Waals surface area (Å²) in [5.74, 6) is 0.905. The molecule has 3 rings (SSSR count). The van der Waals surface area contributed by atoms with E-state index in [0.717, 1.165) is 39.6 Å². The molecule has 0 radical (unpaired) electrons. The molecule has 20 heavy (non-hydrogen) atoms. The van der Waals surface area contributed by atoms with Gasteiger partial charge in [-0.25, -0.2) is 4.98 Å². The second-order valence-corrected chi connectivity index (χ2v) is 5.09. The van der Waals surface area contributed by atoms with Crippen LogP contribution in [0, 0.1) is 0 Å². The minimum atomic E-state index is 0.524. The van der Waals surface area contributed by atoms with Crippen LogP contribution in [0.3, 0.4) is 0 Å². The molecule has 0 spiro atoms. The molecule has 0 saturated heterocycles. The molecule has 0 amide bonds. The summed E-state index contributed by atoms with van der Waals surface area (Å²) in [7, 11) is 0. The van der Waals surface area contributed by atoms with Gasteiger partial charge >= 0.3 is 0 Å². The predicted molar refractivity (Wildman–Crippen MR) is 83.7 cm³/mol. The highest BCUT2D eigenvalue weighted by molar-refractivity contribution is 6.33. The molecule has 0 aliphatic rings. The Morgan fingerprint density at radius 2 is 2.00 bits per heavy atom. The number of hydrogen-bond donors (Lipinski definition) is 1. The molecule has 3 nitrogen and oxygen atoms in total. The lowest BCUT2D eigenvalue weighted by atomic mass is 10.2. The molecule has 0 aliphatic heterocycles. The van der Waals surface area contributed by atoms with Gasteiger partial charge in [-0.15, -0.1) is 0 Å². The van der Waals surface area contributed by atoms with Crippen LogP contribution >= 0.6 is 11.6 Å². The Balaban J connectivity index is 2.28. The van der Waals surface area contributed by atoms with Crippen molar-refractivity contribution in [3.05, 3.63) is 53.1 Å². The SMILES string of the molecule is CCn1c(-c2ccccc2Cl)nc2cc(CN)ccc21. The van der Waals surface area contributed by atoms with Crippen LogP contribution in [0.4, 0.5) is 0 Å². The molecule has 2 N–H and O–H groups in total. The Morgan fingerprint density at radius 3 is 2.70 bits per heavy atom. The highest BCUT2D eigenvalue weighted by Gasteiger charge is 2.13. The Bertz CT molecular complexity index is 762. The van der Waals surface area contributed by atoms with Gasteiger partial charge in [-0.2, -0.15) is 0 Å². The molecular weight excluding hydrogens is 270 g/mol. The topological polar surface area (TPSA) is 43.8 Å². The first-order valence-electron chi connectivity index (χ1n) is 6.68. The second kappa shape index (κ2) is 5.27. The summed E-state index contributed by atoms with van der Waals surface area (Å²) in [6, 6.07) is 14.0. The fraction of sp³-hybridized carbons (Fsp3) is 0.188. The van der Waals surface area contributed by atoms with Crippen molar-refractivity contribution in [1.29, 1.82) is 0 Å². The third-order valence-electron chi connectivity index (χ3n) is 3.48. The predicted octanol–water partition coefficient (Wildman–Crippen LogP) is 3.84. The lowest BCUT2D eigenvalue weighted by Crippen LogP contribution is -1.98.